The summed E-state index contributed by atoms with van der Waals surface area (Å²) in [4.78, 5) is 38.3. The van der Waals surface area contributed by atoms with Gasteiger partial charge in [-0.15, -0.1) is 0 Å². The maximum Gasteiger partial charge on any atom is 0.306 e. The summed E-state index contributed by atoms with van der Waals surface area (Å²) < 4.78 is 17.0. The van der Waals surface area contributed by atoms with Gasteiger partial charge in [0.15, 0.2) is 6.10 Å². The van der Waals surface area contributed by atoms with Crippen LogP contribution in [0.25, 0.3) is 0 Å². The van der Waals surface area contributed by atoms with Gasteiger partial charge in [0.05, 0.1) is 0 Å². The minimum Gasteiger partial charge on any atom is -0.462 e. The lowest BCUT2D eigenvalue weighted by molar-refractivity contribution is -0.167. The van der Waals surface area contributed by atoms with Crippen molar-refractivity contribution in [1.29, 1.82) is 0 Å². The molecule has 0 heterocycles. The highest BCUT2D eigenvalue weighted by Gasteiger charge is 2.19. The van der Waals surface area contributed by atoms with Gasteiger partial charge in [0.1, 0.15) is 13.2 Å². The van der Waals surface area contributed by atoms with Gasteiger partial charge in [0.2, 0.25) is 0 Å². The Bertz CT molecular complexity index is 1040. The first-order chi connectivity index (χ1) is 33.9. The number of carbonyl (C=O) groups excluding carboxylic acids is 3. The maximum absolute atomic E-state index is 12.9. The lowest BCUT2D eigenvalue weighted by atomic mass is 10.0. The first kappa shape index (κ1) is 67.4. The molecule has 0 aromatic rings. The summed E-state index contributed by atoms with van der Waals surface area (Å²) in [6.45, 7) is 9.08. The second kappa shape index (κ2) is 57.3. The van der Waals surface area contributed by atoms with E-state index in [0.717, 1.165) is 63.7 Å². The van der Waals surface area contributed by atoms with E-state index in [-0.39, 0.29) is 31.1 Å². The Labute approximate surface area is 431 Å². The van der Waals surface area contributed by atoms with Gasteiger partial charge in [-0.2, -0.15) is 0 Å². The third-order valence-corrected chi connectivity index (χ3v) is 14.5. The largest absolute Gasteiger partial charge is 0.462 e. The molecule has 0 fully saturated rings. The van der Waals surface area contributed by atoms with Crippen molar-refractivity contribution in [3.8, 4) is 0 Å². The van der Waals surface area contributed by atoms with Crippen molar-refractivity contribution in [2.24, 2.45) is 5.92 Å². The molecule has 69 heavy (non-hydrogen) atoms. The van der Waals surface area contributed by atoms with Crippen LogP contribution in [0.3, 0.4) is 0 Å². The van der Waals surface area contributed by atoms with Crippen LogP contribution in [0.15, 0.2) is 0 Å². The molecule has 0 radical (unpaired) electrons. The summed E-state index contributed by atoms with van der Waals surface area (Å²) in [7, 11) is 0. The third kappa shape index (κ3) is 57.2. The monoisotopic (exact) mass is 975 g/mol. The molecule has 0 aromatic carbocycles. The van der Waals surface area contributed by atoms with Crippen molar-refractivity contribution in [3.63, 3.8) is 0 Å². The zero-order valence-corrected chi connectivity index (χ0v) is 47.3. The highest BCUT2D eigenvalue weighted by Crippen LogP contribution is 2.19. The van der Waals surface area contributed by atoms with E-state index in [4.69, 9.17) is 14.2 Å². The predicted molar refractivity (Wildman–Crippen MR) is 298 cm³/mol. The Morgan fingerprint density at radius 3 is 0.710 bits per heavy atom. The second-order valence-corrected chi connectivity index (χ2v) is 22.2. The van der Waals surface area contributed by atoms with Crippen LogP contribution in [0, 0.1) is 5.92 Å². The van der Waals surface area contributed by atoms with Crippen molar-refractivity contribution in [1.82, 2.24) is 0 Å². The first-order valence-electron chi connectivity index (χ1n) is 31.4. The zero-order chi connectivity index (χ0) is 50.2. The van der Waals surface area contributed by atoms with E-state index in [2.05, 4.69) is 27.7 Å². The van der Waals surface area contributed by atoms with Crippen molar-refractivity contribution < 1.29 is 28.6 Å². The molecule has 0 N–H and O–H groups in total. The average molecular weight is 976 g/mol. The first-order valence-corrected chi connectivity index (χ1v) is 31.4. The van der Waals surface area contributed by atoms with E-state index in [1.807, 2.05) is 0 Å². The van der Waals surface area contributed by atoms with Crippen LogP contribution in [0.5, 0.6) is 0 Å². The Balaban J connectivity index is 4.29. The smallest absolute Gasteiger partial charge is 0.306 e. The van der Waals surface area contributed by atoms with E-state index in [1.54, 1.807) is 0 Å². The van der Waals surface area contributed by atoms with E-state index >= 15 is 0 Å². The summed E-state index contributed by atoms with van der Waals surface area (Å²) in [5.41, 5.74) is 0. The van der Waals surface area contributed by atoms with Crippen LogP contribution in [0.4, 0.5) is 0 Å². The summed E-state index contributed by atoms with van der Waals surface area (Å²) >= 11 is 0. The van der Waals surface area contributed by atoms with Crippen molar-refractivity contribution in [2.45, 2.75) is 368 Å². The van der Waals surface area contributed by atoms with Gasteiger partial charge in [-0.3, -0.25) is 14.4 Å². The van der Waals surface area contributed by atoms with E-state index in [9.17, 15) is 14.4 Å². The van der Waals surface area contributed by atoms with Crippen LogP contribution in [-0.2, 0) is 28.6 Å². The highest BCUT2D eigenvalue weighted by atomic mass is 16.6. The minimum absolute atomic E-state index is 0.0613. The van der Waals surface area contributed by atoms with E-state index in [0.29, 0.717) is 19.3 Å². The molecule has 6 heteroatoms. The molecule has 0 rings (SSSR count). The average Bonchev–Trinajstić information content (AvgIpc) is 3.34. The van der Waals surface area contributed by atoms with Gasteiger partial charge in [0, 0.05) is 19.3 Å². The molecule has 0 spiro atoms. The molecule has 0 saturated carbocycles. The number of carbonyl (C=O) groups is 3. The Kier molecular flexibility index (Phi) is 56.0. The molecular weight excluding hydrogens is 853 g/mol. The van der Waals surface area contributed by atoms with Gasteiger partial charge in [-0.05, 0) is 25.2 Å². The number of ether oxygens (including phenoxy) is 3. The highest BCUT2D eigenvalue weighted by molar-refractivity contribution is 5.71. The number of rotatable bonds is 58. The van der Waals surface area contributed by atoms with Crippen LogP contribution in [0.1, 0.15) is 362 Å². The Morgan fingerprint density at radius 1 is 0.275 bits per heavy atom. The number of hydrogen-bond acceptors (Lipinski definition) is 6. The molecule has 0 aliphatic heterocycles. The van der Waals surface area contributed by atoms with Crippen molar-refractivity contribution in [3.05, 3.63) is 0 Å². The van der Waals surface area contributed by atoms with Gasteiger partial charge < -0.3 is 14.2 Å². The maximum atomic E-state index is 12.9. The fourth-order valence-corrected chi connectivity index (χ4v) is 9.81. The van der Waals surface area contributed by atoms with Crippen molar-refractivity contribution >= 4 is 17.9 Å². The standard InChI is InChI=1S/C63H122O6/c1-5-7-9-11-13-15-17-19-21-23-25-27-31-36-40-44-48-52-56-63(66)69-60(58-68-62(65)55-51-47-43-39-35-32-28-29-33-37-41-45-49-53-59(3)4)57-67-61(64)54-50-46-42-38-34-30-26-24-22-20-18-16-14-12-10-8-6-2/h59-60H,5-58H2,1-4H3/t60-/m1/s1. The van der Waals surface area contributed by atoms with Gasteiger partial charge in [-0.1, -0.05) is 323 Å². The number of esters is 3. The lowest BCUT2D eigenvalue weighted by Gasteiger charge is -2.18. The number of hydrogen-bond donors (Lipinski definition) is 0. The molecule has 6 nitrogen and oxygen atoms in total. The Hall–Kier alpha value is -1.59. The third-order valence-electron chi connectivity index (χ3n) is 14.5. The van der Waals surface area contributed by atoms with Crippen molar-refractivity contribution in [2.75, 3.05) is 13.2 Å². The molecule has 0 bridgehead atoms. The molecule has 0 amide bonds. The SMILES string of the molecule is CCCCCCCCCCCCCCCCCCCCC(=O)O[C@H](COC(=O)CCCCCCCCCCCCCCCCCCC)COC(=O)CCCCCCCCCCCCCCCC(C)C. The topological polar surface area (TPSA) is 78.9 Å². The molecule has 0 unspecified atom stereocenters. The molecule has 410 valence electrons. The lowest BCUT2D eigenvalue weighted by Crippen LogP contribution is -2.30. The summed E-state index contributed by atoms with van der Waals surface area (Å²) in [5.74, 6) is 0.0109. The van der Waals surface area contributed by atoms with E-state index < -0.39 is 6.10 Å². The predicted octanol–water partition coefficient (Wildman–Crippen LogP) is 21.0. The molecular formula is C63H122O6. The molecule has 0 saturated heterocycles. The molecule has 1 atom stereocenters. The molecule has 0 aromatic heterocycles. The molecule has 0 aliphatic carbocycles. The minimum atomic E-state index is -0.763. The van der Waals surface area contributed by atoms with Gasteiger partial charge in [0.25, 0.3) is 0 Å². The van der Waals surface area contributed by atoms with Gasteiger partial charge in [-0.25, -0.2) is 0 Å². The Morgan fingerprint density at radius 2 is 0.478 bits per heavy atom. The summed E-state index contributed by atoms with van der Waals surface area (Å²) in [6.07, 6.45) is 63.8. The molecule has 0 aliphatic rings. The van der Waals surface area contributed by atoms with Crippen LogP contribution >= 0.6 is 0 Å². The summed E-state index contributed by atoms with van der Waals surface area (Å²) in [6, 6.07) is 0. The van der Waals surface area contributed by atoms with Crippen LogP contribution in [-0.4, -0.2) is 37.2 Å². The number of unbranched alkanes of at least 4 members (excludes halogenated alkanes) is 45. The van der Waals surface area contributed by atoms with Gasteiger partial charge >= 0.3 is 17.9 Å². The zero-order valence-electron chi connectivity index (χ0n) is 47.3. The normalized spacial score (nSPS) is 12.0. The van der Waals surface area contributed by atoms with Crippen LogP contribution < -0.4 is 0 Å². The quantitative estimate of drug-likeness (QED) is 0.0343. The summed E-state index contributed by atoms with van der Waals surface area (Å²) in [5, 5.41) is 0. The van der Waals surface area contributed by atoms with Crippen LogP contribution in [0.2, 0.25) is 0 Å². The fourth-order valence-electron chi connectivity index (χ4n) is 9.81. The fraction of sp³-hybridized carbons (Fsp3) is 0.952. The van der Waals surface area contributed by atoms with E-state index in [1.165, 1.54) is 257 Å². The second-order valence-electron chi connectivity index (χ2n) is 22.2.